The zero-order chi connectivity index (χ0) is 14.6. The molecule has 0 aromatic rings. The molecule has 6 heteroatoms. The molecule has 0 radical (unpaired) electrons. The van der Waals surface area contributed by atoms with Crippen molar-refractivity contribution in [2.24, 2.45) is 5.92 Å². The van der Waals surface area contributed by atoms with Crippen LogP contribution in [0.15, 0.2) is 0 Å². The molecule has 1 rings (SSSR count). The maximum Gasteiger partial charge on any atom is 0.407 e. The van der Waals surface area contributed by atoms with Crippen LogP contribution in [0.3, 0.4) is 0 Å². The van der Waals surface area contributed by atoms with Crippen LogP contribution < -0.4 is 5.32 Å². The van der Waals surface area contributed by atoms with E-state index in [2.05, 4.69) is 5.32 Å². The number of likely N-dealkylation sites (tertiary alicyclic amines) is 1. The van der Waals surface area contributed by atoms with E-state index in [4.69, 9.17) is 9.84 Å². The summed E-state index contributed by atoms with van der Waals surface area (Å²) >= 11 is 0. The minimum atomic E-state index is -0.745. The number of carbonyl (C=O) groups excluding carboxylic acids is 1. The molecule has 1 fully saturated rings. The van der Waals surface area contributed by atoms with Crippen LogP contribution >= 0.6 is 0 Å². The highest BCUT2D eigenvalue weighted by atomic mass is 16.6. The third-order valence-electron chi connectivity index (χ3n) is 3.21. The first kappa shape index (κ1) is 15.8. The summed E-state index contributed by atoms with van der Waals surface area (Å²) in [4.78, 5) is 24.4. The van der Waals surface area contributed by atoms with Gasteiger partial charge in [0.25, 0.3) is 0 Å². The molecule has 0 saturated carbocycles. The SMILES string of the molecule is CN1CC(C(=O)O)CCC1CNC(=O)OC(C)(C)C. The van der Waals surface area contributed by atoms with Crippen LogP contribution in [0, 0.1) is 5.92 Å². The average molecular weight is 272 g/mol. The van der Waals surface area contributed by atoms with E-state index in [1.807, 2.05) is 32.7 Å². The number of ether oxygens (including phenoxy) is 1. The van der Waals surface area contributed by atoms with Gasteiger partial charge in [0.15, 0.2) is 0 Å². The highest BCUT2D eigenvalue weighted by Crippen LogP contribution is 2.20. The predicted octanol–water partition coefficient (Wildman–Crippen LogP) is 1.31. The fraction of sp³-hybridized carbons (Fsp3) is 0.846. The van der Waals surface area contributed by atoms with Gasteiger partial charge in [-0.25, -0.2) is 4.79 Å². The number of carboxylic acids is 1. The molecule has 1 saturated heterocycles. The van der Waals surface area contributed by atoms with Gasteiger partial charge >= 0.3 is 12.1 Å². The smallest absolute Gasteiger partial charge is 0.407 e. The van der Waals surface area contributed by atoms with E-state index < -0.39 is 17.7 Å². The Kier molecular flexibility index (Phi) is 5.17. The molecule has 1 heterocycles. The predicted molar refractivity (Wildman–Crippen MR) is 71.0 cm³/mol. The number of nitrogens with one attached hydrogen (secondary N) is 1. The average Bonchev–Trinajstić information content (AvgIpc) is 2.24. The number of nitrogens with zero attached hydrogens (tertiary/aromatic N) is 1. The van der Waals surface area contributed by atoms with E-state index >= 15 is 0 Å². The Morgan fingerprint density at radius 2 is 2.00 bits per heavy atom. The maximum atomic E-state index is 11.5. The number of likely N-dealkylation sites (N-methyl/N-ethyl adjacent to an activating group) is 1. The van der Waals surface area contributed by atoms with Crippen LogP contribution in [-0.2, 0) is 9.53 Å². The molecule has 1 amide bonds. The topological polar surface area (TPSA) is 78.9 Å². The largest absolute Gasteiger partial charge is 0.481 e. The third-order valence-corrected chi connectivity index (χ3v) is 3.21. The number of amides is 1. The van der Waals surface area contributed by atoms with Crippen molar-refractivity contribution in [3.05, 3.63) is 0 Å². The van der Waals surface area contributed by atoms with Gasteiger partial charge in [0, 0.05) is 19.1 Å². The summed E-state index contributed by atoms with van der Waals surface area (Å²) in [6.07, 6.45) is 0.991. The van der Waals surface area contributed by atoms with Crippen molar-refractivity contribution in [1.29, 1.82) is 0 Å². The highest BCUT2D eigenvalue weighted by molar-refractivity contribution is 5.70. The Bertz CT molecular complexity index is 338. The molecule has 110 valence electrons. The summed E-state index contributed by atoms with van der Waals surface area (Å²) in [7, 11) is 1.89. The second kappa shape index (κ2) is 6.23. The molecule has 1 aliphatic heterocycles. The van der Waals surface area contributed by atoms with Crippen molar-refractivity contribution in [3.8, 4) is 0 Å². The number of rotatable bonds is 3. The van der Waals surface area contributed by atoms with Gasteiger partial charge in [0.2, 0.25) is 0 Å². The van der Waals surface area contributed by atoms with Crippen LogP contribution in [0.2, 0.25) is 0 Å². The molecule has 2 atom stereocenters. The zero-order valence-electron chi connectivity index (χ0n) is 12.1. The van der Waals surface area contributed by atoms with E-state index in [1.54, 1.807) is 0 Å². The van der Waals surface area contributed by atoms with Crippen molar-refractivity contribution in [2.45, 2.75) is 45.3 Å². The van der Waals surface area contributed by atoms with Gasteiger partial charge in [-0.3, -0.25) is 4.79 Å². The first-order chi connectivity index (χ1) is 8.69. The lowest BCUT2D eigenvalue weighted by Gasteiger charge is -2.35. The van der Waals surface area contributed by atoms with E-state index in [-0.39, 0.29) is 12.0 Å². The Hall–Kier alpha value is -1.30. The number of carboxylic acid groups (broad SMARTS) is 1. The van der Waals surface area contributed by atoms with E-state index in [9.17, 15) is 9.59 Å². The molecule has 6 nitrogen and oxygen atoms in total. The van der Waals surface area contributed by atoms with Crippen molar-refractivity contribution in [2.75, 3.05) is 20.1 Å². The van der Waals surface area contributed by atoms with Crippen molar-refractivity contribution in [1.82, 2.24) is 10.2 Å². The van der Waals surface area contributed by atoms with Gasteiger partial charge in [-0.2, -0.15) is 0 Å². The van der Waals surface area contributed by atoms with Gasteiger partial charge in [-0.05, 0) is 40.7 Å². The molecular weight excluding hydrogens is 248 g/mol. The minimum absolute atomic E-state index is 0.170. The monoisotopic (exact) mass is 272 g/mol. The number of alkyl carbamates (subject to hydrolysis) is 1. The molecule has 2 N–H and O–H groups in total. The fourth-order valence-corrected chi connectivity index (χ4v) is 2.18. The van der Waals surface area contributed by atoms with Crippen LogP contribution in [0.5, 0.6) is 0 Å². The Morgan fingerprint density at radius 1 is 1.37 bits per heavy atom. The summed E-state index contributed by atoms with van der Waals surface area (Å²) in [5, 5.41) is 11.7. The van der Waals surface area contributed by atoms with Gasteiger partial charge in [-0.15, -0.1) is 0 Å². The van der Waals surface area contributed by atoms with E-state index in [0.29, 0.717) is 19.5 Å². The third kappa shape index (κ3) is 5.46. The van der Waals surface area contributed by atoms with Gasteiger partial charge in [0.05, 0.1) is 5.92 Å². The van der Waals surface area contributed by atoms with E-state index in [0.717, 1.165) is 6.42 Å². The molecule has 0 bridgehead atoms. The quantitative estimate of drug-likeness (QED) is 0.809. The standard InChI is InChI=1S/C13H24N2O4/c1-13(2,3)19-12(18)14-7-10-6-5-9(11(16)17)8-15(10)4/h9-10H,5-8H2,1-4H3,(H,14,18)(H,16,17). The minimum Gasteiger partial charge on any atom is -0.481 e. The van der Waals surface area contributed by atoms with Gasteiger partial charge in [0.1, 0.15) is 5.60 Å². The van der Waals surface area contributed by atoms with Crippen molar-refractivity contribution >= 4 is 12.1 Å². The molecule has 0 spiro atoms. The van der Waals surface area contributed by atoms with Crippen LogP contribution in [0.4, 0.5) is 4.79 Å². The van der Waals surface area contributed by atoms with Gasteiger partial charge < -0.3 is 20.1 Å². The molecule has 1 aliphatic rings. The number of aliphatic carboxylic acids is 1. The molecule has 2 unspecified atom stereocenters. The lowest BCUT2D eigenvalue weighted by Crippen LogP contribution is -2.49. The second-order valence-corrected chi connectivity index (χ2v) is 6.09. The lowest BCUT2D eigenvalue weighted by molar-refractivity contribution is -0.144. The van der Waals surface area contributed by atoms with Crippen LogP contribution in [0.25, 0.3) is 0 Å². The Labute approximate surface area is 114 Å². The maximum absolute atomic E-state index is 11.5. The summed E-state index contributed by atoms with van der Waals surface area (Å²) in [6, 6.07) is 0.170. The first-order valence-corrected chi connectivity index (χ1v) is 6.59. The normalized spacial score (nSPS) is 24.8. The first-order valence-electron chi connectivity index (χ1n) is 6.59. The molecule has 0 aromatic carbocycles. The molecule has 0 aliphatic carbocycles. The Balaban J connectivity index is 2.35. The van der Waals surface area contributed by atoms with E-state index in [1.165, 1.54) is 0 Å². The number of hydrogen-bond acceptors (Lipinski definition) is 4. The number of piperidine rings is 1. The van der Waals surface area contributed by atoms with Crippen LogP contribution in [-0.4, -0.2) is 53.8 Å². The fourth-order valence-electron chi connectivity index (χ4n) is 2.18. The zero-order valence-corrected chi connectivity index (χ0v) is 12.1. The summed E-state index contributed by atoms with van der Waals surface area (Å²) < 4.78 is 5.16. The molecule has 0 aromatic heterocycles. The Morgan fingerprint density at radius 3 is 2.47 bits per heavy atom. The van der Waals surface area contributed by atoms with Crippen LogP contribution in [0.1, 0.15) is 33.6 Å². The molecule has 19 heavy (non-hydrogen) atoms. The number of carbonyl (C=O) groups is 2. The summed E-state index contributed by atoms with van der Waals surface area (Å²) in [5.41, 5.74) is -0.503. The second-order valence-electron chi connectivity index (χ2n) is 6.09. The summed E-state index contributed by atoms with van der Waals surface area (Å²) in [5.74, 6) is -1.05. The lowest BCUT2D eigenvalue weighted by atomic mass is 9.93. The summed E-state index contributed by atoms with van der Waals surface area (Å²) in [6.45, 7) is 6.46. The molecular formula is C13H24N2O4. The highest BCUT2D eigenvalue weighted by Gasteiger charge is 2.30. The number of hydrogen-bond donors (Lipinski definition) is 2. The van der Waals surface area contributed by atoms with Crippen molar-refractivity contribution in [3.63, 3.8) is 0 Å². The van der Waals surface area contributed by atoms with Gasteiger partial charge in [-0.1, -0.05) is 0 Å². The van der Waals surface area contributed by atoms with Crippen molar-refractivity contribution < 1.29 is 19.4 Å².